The maximum atomic E-state index is 13.9. The fourth-order valence-electron chi connectivity index (χ4n) is 3.80. The summed E-state index contributed by atoms with van der Waals surface area (Å²) in [5.41, 5.74) is 0.769. The first kappa shape index (κ1) is 22.3. The molecule has 1 amide bonds. The van der Waals surface area contributed by atoms with Crippen molar-refractivity contribution in [1.29, 1.82) is 0 Å². The Bertz CT molecular complexity index is 1180. The van der Waals surface area contributed by atoms with Crippen molar-refractivity contribution in [3.05, 3.63) is 59.8 Å². The van der Waals surface area contributed by atoms with Crippen LogP contribution in [0.3, 0.4) is 0 Å². The van der Waals surface area contributed by atoms with E-state index in [1.165, 1.54) is 32.4 Å². The van der Waals surface area contributed by atoms with Crippen LogP contribution >= 0.6 is 0 Å². The molecule has 11 heteroatoms. The van der Waals surface area contributed by atoms with Gasteiger partial charge in [0.05, 0.1) is 26.5 Å². The molecule has 2 atom stereocenters. The Kier molecular flexibility index (Phi) is 5.79. The van der Waals surface area contributed by atoms with Gasteiger partial charge in [-0.05, 0) is 29.8 Å². The summed E-state index contributed by atoms with van der Waals surface area (Å²) in [6.45, 7) is 0. The summed E-state index contributed by atoms with van der Waals surface area (Å²) in [6, 6.07) is 7.98. The Labute approximate surface area is 186 Å². The van der Waals surface area contributed by atoms with Gasteiger partial charge in [-0.3, -0.25) is 4.79 Å². The minimum absolute atomic E-state index is 0.0546. The van der Waals surface area contributed by atoms with Crippen molar-refractivity contribution in [1.82, 2.24) is 9.78 Å². The number of methoxy groups -OCH3 is 2. The smallest absolute Gasteiger partial charge is 0.410 e. The maximum Gasteiger partial charge on any atom is 0.410 e. The Morgan fingerprint density at radius 1 is 1.18 bits per heavy atom. The van der Waals surface area contributed by atoms with Crippen LogP contribution < -0.4 is 20.1 Å². The zero-order valence-electron chi connectivity index (χ0n) is 17.7. The third-order valence-electron chi connectivity index (χ3n) is 5.40. The number of hydrogen-bond donors (Lipinski definition) is 3. The van der Waals surface area contributed by atoms with E-state index < -0.39 is 24.2 Å². The normalized spacial score (nSPS) is 17.6. The van der Waals surface area contributed by atoms with Gasteiger partial charge >= 0.3 is 6.18 Å². The lowest BCUT2D eigenvalue weighted by Gasteiger charge is -2.34. The summed E-state index contributed by atoms with van der Waals surface area (Å²) < 4.78 is 53.0. The Morgan fingerprint density at radius 2 is 1.94 bits per heavy atom. The van der Waals surface area contributed by atoms with Crippen LogP contribution in [0.15, 0.2) is 48.7 Å². The average Bonchev–Trinajstić information content (AvgIpc) is 3.21. The van der Waals surface area contributed by atoms with Crippen LogP contribution in [0.25, 0.3) is 0 Å². The second-order valence-electron chi connectivity index (χ2n) is 7.46. The number of anilines is 2. The SMILES string of the molecule is COc1ccc([C@@H]2C[C@@H](C(F)(F)F)n3ncc(C(=O)Nc4cccc(O)c4)c3N2)cc1OC. The molecule has 8 nitrogen and oxygen atoms in total. The third-order valence-corrected chi connectivity index (χ3v) is 5.40. The van der Waals surface area contributed by atoms with E-state index in [-0.39, 0.29) is 23.6 Å². The molecule has 4 rings (SSSR count). The molecule has 0 spiro atoms. The minimum atomic E-state index is -4.59. The molecule has 2 heterocycles. The highest BCUT2D eigenvalue weighted by Crippen LogP contribution is 2.45. The fourth-order valence-corrected chi connectivity index (χ4v) is 3.80. The zero-order valence-corrected chi connectivity index (χ0v) is 17.7. The molecular weight excluding hydrogens is 441 g/mol. The number of phenols is 1. The maximum absolute atomic E-state index is 13.9. The van der Waals surface area contributed by atoms with Crippen LogP contribution in [0.1, 0.15) is 34.4 Å². The Balaban J connectivity index is 1.70. The summed E-state index contributed by atoms with van der Waals surface area (Å²) in [5.74, 6) is 0.0415. The largest absolute Gasteiger partial charge is 0.508 e. The highest BCUT2D eigenvalue weighted by molar-refractivity contribution is 6.07. The van der Waals surface area contributed by atoms with Gasteiger partial charge in [0.25, 0.3) is 5.91 Å². The second-order valence-corrected chi connectivity index (χ2v) is 7.46. The van der Waals surface area contributed by atoms with Crippen LogP contribution in [-0.2, 0) is 0 Å². The highest BCUT2D eigenvalue weighted by Gasteiger charge is 2.47. The van der Waals surface area contributed by atoms with E-state index in [0.29, 0.717) is 22.7 Å². The number of amides is 1. The summed E-state index contributed by atoms with van der Waals surface area (Å²) >= 11 is 0. The van der Waals surface area contributed by atoms with E-state index in [2.05, 4.69) is 15.7 Å². The number of benzene rings is 2. The standard InChI is InChI=1S/C22H21F3N4O4/c1-32-17-7-6-12(8-18(17)33-2)16-10-19(22(23,24)25)29-20(28-16)15(11-26-29)21(31)27-13-4-3-5-14(30)9-13/h3-9,11,16,19,28,30H,10H2,1-2H3,(H,27,31)/t16-,19-/m0/s1. The van der Waals surface area contributed by atoms with E-state index in [1.54, 1.807) is 24.3 Å². The van der Waals surface area contributed by atoms with Gasteiger partial charge in [0.1, 0.15) is 17.1 Å². The molecule has 2 aromatic carbocycles. The molecule has 3 N–H and O–H groups in total. The molecule has 0 bridgehead atoms. The number of hydrogen-bond acceptors (Lipinski definition) is 6. The summed E-state index contributed by atoms with van der Waals surface area (Å²) in [6.07, 6.45) is -3.83. The molecule has 0 unspecified atom stereocenters. The molecule has 1 aromatic heterocycles. The van der Waals surface area contributed by atoms with Gasteiger partial charge in [0.2, 0.25) is 0 Å². The molecule has 0 aliphatic carbocycles. The van der Waals surface area contributed by atoms with Gasteiger partial charge in [-0.2, -0.15) is 18.3 Å². The van der Waals surface area contributed by atoms with Crippen LogP contribution in [0.2, 0.25) is 0 Å². The number of carbonyl (C=O) groups is 1. The number of fused-ring (bicyclic) bond motifs is 1. The van der Waals surface area contributed by atoms with Crippen LogP contribution in [0.5, 0.6) is 17.2 Å². The van der Waals surface area contributed by atoms with Crippen molar-refractivity contribution in [2.24, 2.45) is 0 Å². The van der Waals surface area contributed by atoms with Gasteiger partial charge in [0, 0.05) is 18.2 Å². The molecule has 0 fully saturated rings. The van der Waals surface area contributed by atoms with Gasteiger partial charge in [-0.1, -0.05) is 12.1 Å². The average molecular weight is 462 g/mol. The number of aromatic nitrogens is 2. The minimum Gasteiger partial charge on any atom is -0.508 e. The number of nitrogens with zero attached hydrogens (tertiary/aromatic N) is 2. The third kappa shape index (κ3) is 4.38. The molecule has 0 radical (unpaired) electrons. The van der Waals surface area contributed by atoms with Crippen LogP contribution in [0.4, 0.5) is 24.7 Å². The number of carbonyl (C=O) groups excluding carboxylic acids is 1. The monoisotopic (exact) mass is 462 g/mol. The van der Waals surface area contributed by atoms with E-state index in [1.807, 2.05) is 0 Å². The predicted molar refractivity (Wildman–Crippen MR) is 114 cm³/mol. The van der Waals surface area contributed by atoms with Crippen molar-refractivity contribution in [3.8, 4) is 17.2 Å². The Morgan fingerprint density at radius 3 is 2.61 bits per heavy atom. The number of alkyl halides is 3. The topological polar surface area (TPSA) is 97.6 Å². The van der Waals surface area contributed by atoms with Crippen LogP contribution in [0, 0.1) is 0 Å². The number of halogens is 3. The number of aromatic hydroxyl groups is 1. The highest BCUT2D eigenvalue weighted by atomic mass is 19.4. The second kappa shape index (κ2) is 8.57. The summed E-state index contributed by atoms with van der Waals surface area (Å²) in [7, 11) is 2.90. The number of rotatable bonds is 5. The lowest BCUT2D eigenvalue weighted by atomic mass is 9.96. The van der Waals surface area contributed by atoms with Crippen molar-refractivity contribution < 1.29 is 32.5 Å². The first-order valence-electron chi connectivity index (χ1n) is 9.94. The first-order chi connectivity index (χ1) is 15.7. The van der Waals surface area contributed by atoms with Crippen molar-refractivity contribution in [2.45, 2.75) is 24.7 Å². The van der Waals surface area contributed by atoms with E-state index in [0.717, 1.165) is 10.9 Å². The van der Waals surface area contributed by atoms with E-state index in [4.69, 9.17) is 9.47 Å². The number of nitrogens with one attached hydrogen (secondary N) is 2. The number of ether oxygens (including phenoxy) is 2. The van der Waals surface area contributed by atoms with Crippen molar-refractivity contribution >= 4 is 17.4 Å². The van der Waals surface area contributed by atoms with Gasteiger partial charge in [0.15, 0.2) is 17.5 Å². The first-order valence-corrected chi connectivity index (χ1v) is 9.94. The lowest BCUT2D eigenvalue weighted by Crippen LogP contribution is -2.36. The molecule has 3 aromatic rings. The van der Waals surface area contributed by atoms with Crippen molar-refractivity contribution in [3.63, 3.8) is 0 Å². The number of phenolic OH excluding ortho intramolecular Hbond substituents is 1. The molecule has 1 aliphatic heterocycles. The van der Waals surface area contributed by atoms with Crippen molar-refractivity contribution in [2.75, 3.05) is 24.9 Å². The van der Waals surface area contributed by atoms with Gasteiger partial charge in [-0.15, -0.1) is 0 Å². The Hall–Kier alpha value is -3.89. The van der Waals surface area contributed by atoms with Crippen LogP contribution in [-0.4, -0.2) is 41.2 Å². The summed E-state index contributed by atoms with van der Waals surface area (Å²) in [4.78, 5) is 12.8. The fraction of sp³-hybridized carbons (Fsp3) is 0.273. The molecule has 33 heavy (non-hydrogen) atoms. The van der Waals surface area contributed by atoms with E-state index in [9.17, 15) is 23.1 Å². The van der Waals surface area contributed by atoms with Gasteiger partial charge < -0.3 is 25.2 Å². The molecule has 0 saturated heterocycles. The molecule has 174 valence electrons. The lowest BCUT2D eigenvalue weighted by molar-refractivity contribution is -0.173. The summed E-state index contributed by atoms with van der Waals surface area (Å²) in [5, 5.41) is 19.0. The quantitative estimate of drug-likeness (QED) is 0.516. The molecular formula is C22H21F3N4O4. The molecule has 0 saturated carbocycles. The van der Waals surface area contributed by atoms with Gasteiger partial charge in [-0.25, -0.2) is 4.68 Å². The predicted octanol–water partition coefficient (Wildman–Crippen LogP) is 4.52. The molecule has 1 aliphatic rings. The zero-order chi connectivity index (χ0) is 23.8. The van der Waals surface area contributed by atoms with E-state index >= 15 is 0 Å².